The lowest BCUT2D eigenvalue weighted by Gasteiger charge is -2.14. The van der Waals surface area contributed by atoms with Crippen molar-refractivity contribution in [3.05, 3.63) is 65.8 Å². The Kier molecular flexibility index (Phi) is 4.24. The maximum Gasteiger partial charge on any atom is 0.246 e. The number of hydrogen-bond donors (Lipinski definition) is 0. The van der Waals surface area contributed by atoms with Crippen LogP contribution in [0.1, 0.15) is 29.4 Å². The molecule has 0 bridgehead atoms. The molecule has 0 N–H and O–H groups in total. The molecule has 1 aromatic carbocycles. The van der Waals surface area contributed by atoms with E-state index in [1.165, 1.54) is 11.1 Å². The number of benzene rings is 1. The Bertz CT molecular complexity index is 922. The van der Waals surface area contributed by atoms with Gasteiger partial charge in [-0.05, 0) is 37.0 Å². The molecule has 0 aliphatic heterocycles. The quantitative estimate of drug-likeness (QED) is 0.708. The van der Waals surface area contributed by atoms with Crippen LogP contribution in [0.2, 0.25) is 0 Å². The Morgan fingerprint density at radius 3 is 2.96 bits per heavy atom. The van der Waals surface area contributed by atoms with E-state index in [9.17, 15) is 4.79 Å². The third-order valence-electron chi connectivity index (χ3n) is 4.71. The highest BCUT2D eigenvalue weighted by atomic mass is 16.5. The van der Waals surface area contributed by atoms with E-state index < -0.39 is 0 Å². The van der Waals surface area contributed by atoms with Crippen molar-refractivity contribution in [2.24, 2.45) is 5.92 Å². The molecule has 4 rings (SSSR count). The zero-order chi connectivity index (χ0) is 18.1. The van der Waals surface area contributed by atoms with Crippen molar-refractivity contribution in [3.8, 4) is 11.4 Å². The smallest absolute Gasteiger partial charge is 0.246 e. The van der Waals surface area contributed by atoms with E-state index in [-0.39, 0.29) is 11.8 Å². The molecule has 0 saturated heterocycles. The normalized spacial score (nSPS) is 18.5. The minimum absolute atomic E-state index is 0.0440. The van der Waals surface area contributed by atoms with Crippen LogP contribution in [0.15, 0.2) is 53.3 Å². The third-order valence-corrected chi connectivity index (χ3v) is 4.71. The summed E-state index contributed by atoms with van der Waals surface area (Å²) in [7, 11) is 1.78. The van der Waals surface area contributed by atoms with Gasteiger partial charge in [0, 0.05) is 30.9 Å². The molecule has 0 radical (unpaired) electrons. The van der Waals surface area contributed by atoms with Gasteiger partial charge in [-0.3, -0.25) is 9.78 Å². The van der Waals surface area contributed by atoms with Crippen LogP contribution in [0.3, 0.4) is 0 Å². The van der Waals surface area contributed by atoms with Crippen molar-refractivity contribution in [3.63, 3.8) is 0 Å². The van der Waals surface area contributed by atoms with Gasteiger partial charge in [0.15, 0.2) is 0 Å². The van der Waals surface area contributed by atoms with Crippen LogP contribution in [-0.2, 0) is 11.3 Å². The molecule has 132 valence electrons. The Hall–Kier alpha value is -3.02. The fourth-order valence-corrected chi connectivity index (χ4v) is 3.23. The van der Waals surface area contributed by atoms with Crippen LogP contribution in [0.4, 0.5) is 0 Å². The van der Waals surface area contributed by atoms with Crippen molar-refractivity contribution in [2.75, 3.05) is 7.05 Å². The summed E-state index contributed by atoms with van der Waals surface area (Å²) < 4.78 is 5.28. The van der Waals surface area contributed by atoms with Crippen molar-refractivity contribution >= 4 is 5.91 Å². The Labute approximate surface area is 151 Å². The second-order valence-corrected chi connectivity index (χ2v) is 6.81. The van der Waals surface area contributed by atoms with Crippen LogP contribution in [0.25, 0.3) is 11.4 Å². The van der Waals surface area contributed by atoms with Gasteiger partial charge in [0.2, 0.25) is 17.6 Å². The summed E-state index contributed by atoms with van der Waals surface area (Å²) in [6, 6.07) is 12.1. The van der Waals surface area contributed by atoms with Crippen molar-refractivity contribution in [1.82, 2.24) is 20.0 Å². The largest absolute Gasteiger partial charge is 0.337 e. The first-order chi connectivity index (χ1) is 12.6. The van der Waals surface area contributed by atoms with Crippen molar-refractivity contribution < 1.29 is 9.32 Å². The van der Waals surface area contributed by atoms with Crippen LogP contribution in [-0.4, -0.2) is 33.0 Å². The Morgan fingerprint density at radius 2 is 2.19 bits per heavy atom. The number of aryl methyl sites for hydroxylation is 1. The standard InChI is InChI=1S/C20H20N4O2/c1-13-5-3-6-14(9-13)16-10-17(16)20(25)24(2)12-18-22-19(23-26-18)15-7-4-8-21-11-15/h3-9,11,16-17H,10,12H2,1-2H3/t16-,17-/m0/s1. The minimum atomic E-state index is 0.0440. The van der Waals surface area contributed by atoms with Gasteiger partial charge in [0.05, 0.1) is 6.54 Å². The lowest BCUT2D eigenvalue weighted by Crippen LogP contribution is -2.28. The third kappa shape index (κ3) is 3.35. The molecule has 2 aromatic heterocycles. The lowest BCUT2D eigenvalue weighted by molar-refractivity contribution is -0.132. The average Bonchev–Trinajstić information content (AvgIpc) is 3.33. The average molecular weight is 348 g/mol. The van der Waals surface area contributed by atoms with Gasteiger partial charge in [-0.2, -0.15) is 4.98 Å². The van der Waals surface area contributed by atoms with Crippen LogP contribution < -0.4 is 0 Å². The lowest BCUT2D eigenvalue weighted by atomic mass is 10.1. The monoisotopic (exact) mass is 348 g/mol. The zero-order valence-corrected chi connectivity index (χ0v) is 14.8. The van der Waals surface area contributed by atoms with Gasteiger partial charge < -0.3 is 9.42 Å². The molecule has 6 heteroatoms. The van der Waals surface area contributed by atoms with Crippen molar-refractivity contribution in [1.29, 1.82) is 0 Å². The number of amides is 1. The second-order valence-electron chi connectivity index (χ2n) is 6.81. The predicted molar refractivity (Wildman–Crippen MR) is 96.0 cm³/mol. The molecular weight excluding hydrogens is 328 g/mol. The van der Waals surface area contributed by atoms with Crippen LogP contribution in [0.5, 0.6) is 0 Å². The maximum absolute atomic E-state index is 12.7. The maximum atomic E-state index is 12.7. The van der Waals surface area contributed by atoms with E-state index in [2.05, 4.69) is 40.2 Å². The fourth-order valence-electron chi connectivity index (χ4n) is 3.23. The van der Waals surface area contributed by atoms with Gasteiger partial charge in [0.25, 0.3) is 0 Å². The molecule has 6 nitrogen and oxygen atoms in total. The van der Waals surface area contributed by atoms with E-state index in [0.717, 1.165) is 12.0 Å². The van der Waals surface area contributed by atoms with E-state index in [4.69, 9.17) is 4.52 Å². The summed E-state index contributed by atoms with van der Waals surface area (Å²) in [6.45, 7) is 2.38. The summed E-state index contributed by atoms with van der Waals surface area (Å²) >= 11 is 0. The molecule has 2 atom stereocenters. The van der Waals surface area contributed by atoms with E-state index >= 15 is 0 Å². The van der Waals surface area contributed by atoms with Gasteiger partial charge in [0.1, 0.15) is 0 Å². The number of pyridine rings is 1. The molecule has 3 aromatic rings. The molecule has 1 amide bonds. The zero-order valence-electron chi connectivity index (χ0n) is 14.8. The van der Waals surface area contributed by atoms with Gasteiger partial charge in [-0.1, -0.05) is 35.0 Å². The summed E-state index contributed by atoms with van der Waals surface area (Å²) in [5.74, 6) is 1.39. The van der Waals surface area contributed by atoms with Gasteiger partial charge >= 0.3 is 0 Å². The molecule has 1 aliphatic carbocycles. The highest BCUT2D eigenvalue weighted by Gasteiger charge is 2.45. The van der Waals surface area contributed by atoms with Crippen LogP contribution in [0, 0.1) is 12.8 Å². The molecule has 1 saturated carbocycles. The number of hydrogen-bond acceptors (Lipinski definition) is 5. The SMILES string of the molecule is Cc1cccc([C@@H]2C[C@@H]2C(=O)N(C)Cc2nc(-c3cccnc3)no2)c1. The molecule has 0 unspecified atom stereocenters. The highest BCUT2D eigenvalue weighted by molar-refractivity contribution is 5.82. The van der Waals surface area contributed by atoms with Gasteiger partial charge in [-0.25, -0.2) is 0 Å². The van der Waals surface area contributed by atoms with E-state index in [1.807, 2.05) is 18.2 Å². The topological polar surface area (TPSA) is 72.1 Å². The molecule has 26 heavy (non-hydrogen) atoms. The fraction of sp³-hybridized carbons (Fsp3) is 0.300. The molecule has 2 heterocycles. The number of nitrogens with zero attached hydrogens (tertiary/aromatic N) is 4. The molecule has 1 fully saturated rings. The van der Waals surface area contributed by atoms with E-state index in [1.54, 1.807) is 24.3 Å². The summed E-state index contributed by atoms with van der Waals surface area (Å²) in [5, 5.41) is 3.97. The van der Waals surface area contributed by atoms with Crippen molar-refractivity contribution in [2.45, 2.75) is 25.8 Å². The minimum Gasteiger partial charge on any atom is -0.337 e. The summed E-state index contributed by atoms with van der Waals surface area (Å²) in [4.78, 5) is 22.8. The first kappa shape index (κ1) is 16.4. The summed E-state index contributed by atoms with van der Waals surface area (Å²) in [6.07, 6.45) is 4.27. The van der Waals surface area contributed by atoms with Gasteiger partial charge in [-0.15, -0.1) is 0 Å². The number of carbonyl (C=O) groups excluding carboxylic acids is 1. The second kappa shape index (κ2) is 6.71. The molecular formula is C20H20N4O2. The first-order valence-corrected chi connectivity index (χ1v) is 8.66. The Balaban J connectivity index is 1.39. The van der Waals surface area contributed by atoms with E-state index in [0.29, 0.717) is 24.2 Å². The summed E-state index contributed by atoms with van der Waals surface area (Å²) in [5.41, 5.74) is 3.26. The first-order valence-electron chi connectivity index (χ1n) is 8.66. The predicted octanol–water partition coefficient (Wildman–Crippen LogP) is 3.20. The molecule has 0 spiro atoms. The van der Waals surface area contributed by atoms with Crippen LogP contribution >= 0.6 is 0 Å². The highest BCUT2D eigenvalue weighted by Crippen LogP contribution is 2.48. The number of carbonyl (C=O) groups is 1. The number of rotatable bonds is 5. The molecule has 1 aliphatic rings. The Morgan fingerprint density at radius 1 is 1.31 bits per heavy atom. The number of aromatic nitrogens is 3.